The second-order valence-corrected chi connectivity index (χ2v) is 6.56. The highest BCUT2D eigenvalue weighted by Crippen LogP contribution is 2.36. The third-order valence-corrected chi connectivity index (χ3v) is 4.43. The smallest absolute Gasteiger partial charge is 0.399 e. The van der Waals surface area contributed by atoms with Gasteiger partial charge in [-0.1, -0.05) is 0 Å². The molecule has 0 bridgehead atoms. The molecule has 0 unspecified atom stereocenters. The van der Waals surface area contributed by atoms with E-state index in [-0.39, 0.29) is 11.2 Å². The molecule has 7 heteroatoms. The molecule has 0 atom stereocenters. The Morgan fingerprint density at radius 3 is 2.24 bits per heavy atom. The van der Waals surface area contributed by atoms with Gasteiger partial charge in [-0.2, -0.15) is 0 Å². The number of hydrogen-bond acceptors (Lipinski definition) is 6. The van der Waals surface area contributed by atoms with Crippen LogP contribution in [0.2, 0.25) is 0 Å². The van der Waals surface area contributed by atoms with E-state index in [2.05, 4.69) is 9.97 Å². The molecule has 0 aliphatic carbocycles. The van der Waals surface area contributed by atoms with E-state index in [1.807, 2.05) is 32.6 Å². The lowest BCUT2D eigenvalue weighted by molar-refractivity contribution is 0.00578. The second kappa shape index (κ2) is 5.23. The summed E-state index contributed by atoms with van der Waals surface area (Å²) in [6, 6.07) is 0. The topological polar surface area (TPSA) is 56.7 Å². The molecule has 0 aromatic carbocycles. The zero-order valence-electron chi connectivity index (χ0n) is 13.1. The van der Waals surface area contributed by atoms with E-state index in [0.717, 1.165) is 25.0 Å². The number of aromatic nitrogens is 2. The zero-order chi connectivity index (χ0) is 15.1. The van der Waals surface area contributed by atoms with Gasteiger partial charge in [0.25, 0.3) is 0 Å². The molecule has 1 aromatic rings. The van der Waals surface area contributed by atoms with Crippen LogP contribution in [0.25, 0.3) is 0 Å². The number of rotatable bonds is 2. The summed E-state index contributed by atoms with van der Waals surface area (Å²) in [5.41, 5.74) is 0.143. The molecule has 2 fully saturated rings. The molecule has 2 saturated heterocycles. The summed E-state index contributed by atoms with van der Waals surface area (Å²) in [6.45, 7) is 10.4. The maximum atomic E-state index is 5.99. The van der Waals surface area contributed by atoms with Crippen molar-refractivity contribution in [2.24, 2.45) is 0 Å². The maximum absolute atomic E-state index is 5.99. The predicted octanol–water partition coefficient (Wildman–Crippen LogP) is 0.960. The van der Waals surface area contributed by atoms with E-state index in [0.29, 0.717) is 12.7 Å². The van der Waals surface area contributed by atoms with Crippen LogP contribution in [0.4, 0.5) is 5.95 Å². The Morgan fingerprint density at radius 1 is 1.10 bits per heavy atom. The van der Waals surface area contributed by atoms with Gasteiger partial charge in [0.15, 0.2) is 0 Å². The van der Waals surface area contributed by atoms with Crippen molar-refractivity contribution in [3.05, 3.63) is 12.4 Å². The average Bonchev–Trinajstić information content (AvgIpc) is 2.69. The zero-order valence-corrected chi connectivity index (χ0v) is 13.1. The van der Waals surface area contributed by atoms with E-state index in [4.69, 9.17) is 14.0 Å². The van der Waals surface area contributed by atoms with Crippen LogP contribution in [-0.4, -0.2) is 48.2 Å². The van der Waals surface area contributed by atoms with Gasteiger partial charge in [-0.05, 0) is 34.1 Å². The summed E-state index contributed by atoms with van der Waals surface area (Å²) in [6.07, 6.45) is 4.56. The first-order valence-electron chi connectivity index (χ1n) is 7.39. The SMILES string of the molecule is CC1(C)OB(c2cnc(N3CCCOC3)nc2)OC1(C)C. The lowest BCUT2D eigenvalue weighted by Crippen LogP contribution is -2.41. The minimum atomic E-state index is -0.415. The molecule has 0 N–H and O–H groups in total. The molecular formula is C14H22BN3O3. The van der Waals surface area contributed by atoms with Crippen LogP contribution in [0.3, 0.4) is 0 Å². The van der Waals surface area contributed by atoms with Crippen LogP contribution in [0.1, 0.15) is 34.1 Å². The van der Waals surface area contributed by atoms with Crippen LogP contribution in [-0.2, 0) is 14.0 Å². The molecule has 0 spiro atoms. The average molecular weight is 291 g/mol. The first-order valence-corrected chi connectivity index (χ1v) is 7.39. The van der Waals surface area contributed by atoms with Gasteiger partial charge in [0, 0.05) is 24.4 Å². The number of ether oxygens (including phenoxy) is 1. The van der Waals surface area contributed by atoms with Gasteiger partial charge in [-0.3, -0.25) is 0 Å². The molecule has 2 aliphatic rings. The predicted molar refractivity (Wildman–Crippen MR) is 80.5 cm³/mol. The first kappa shape index (κ1) is 14.7. The summed E-state index contributed by atoms with van der Waals surface area (Å²) in [5, 5.41) is 0. The summed E-state index contributed by atoms with van der Waals surface area (Å²) in [5.74, 6) is 0.690. The Morgan fingerprint density at radius 2 is 1.71 bits per heavy atom. The Labute approximate surface area is 126 Å². The molecule has 0 amide bonds. The molecule has 3 rings (SSSR count). The summed E-state index contributed by atoms with van der Waals surface area (Å²) in [7, 11) is -0.415. The third-order valence-electron chi connectivity index (χ3n) is 4.43. The number of anilines is 1. The summed E-state index contributed by atoms with van der Waals surface area (Å²) >= 11 is 0. The van der Waals surface area contributed by atoms with Crippen LogP contribution in [0, 0.1) is 0 Å². The highest BCUT2D eigenvalue weighted by molar-refractivity contribution is 6.61. The standard InChI is InChI=1S/C14H22BN3O3/c1-13(2)14(3,4)21-15(20-13)11-8-16-12(17-9-11)18-6-5-7-19-10-18/h8-9H,5-7,10H2,1-4H3. The van der Waals surface area contributed by atoms with Gasteiger partial charge in [0.05, 0.1) is 17.8 Å². The third kappa shape index (κ3) is 2.77. The van der Waals surface area contributed by atoms with Gasteiger partial charge in [-0.25, -0.2) is 9.97 Å². The quantitative estimate of drug-likeness (QED) is 0.757. The van der Waals surface area contributed by atoms with Gasteiger partial charge >= 0.3 is 7.12 Å². The molecule has 114 valence electrons. The number of hydrogen-bond donors (Lipinski definition) is 0. The van der Waals surface area contributed by atoms with E-state index in [1.54, 1.807) is 12.4 Å². The number of nitrogens with zero attached hydrogens (tertiary/aromatic N) is 3. The van der Waals surface area contributed by atoms with Crippen molar-refractivity contribution < 1.29 is 14.0 Å². The molecular weight excluding hydrogens is 269 g/mol. The summed E-state index contributed by atoms with van der Waals surface area (Å²) < 4.78 is 17.4. The van der Waals surface area contributed by atoms with E-state index >= 15 is 0 Å². The molecule has 1 aromatic heterocycles. The molecule has 0 radical (unpaired) electrons. The highest BCUT2D eigenvalue weighted by atomic mass is 16.7. The fourth-order valence-corrected chi connectivity index (χ4v) is 2.35. The Bertz CT molecular complexity index is 485. The van der Waals surface area contributed by atoms with Crippen LogP contribution in [0.15, 0.2) is 12.4 Å². The van der Waals surface area contributed by atoms with Crippen molar-refractivity contribution in [3.8, 4) is 0 Å². The lowest BCUT2D eigenvalue weighted by atomic mass is 9.81. The van der Waals surface area contributed by atoms with Gasteiger partial charge < -0.3 is 18.9 Å². The van der Waals surface area contributed by atoms with E-state index in [9.17, 15) is 0 Å². The van der Waals surface area contributed by atoms with Crippen LogP contribution in [0.5, 0.6) is 0 Å². The first-order chi connectivity index (χ1) is 9.89. The van der Waals surface area contributed by atoms with Crippen molar-refractivity contribution >= 4 is 18.5 Å². The molecule has 21 heavy (non-hydrogen) atoms. The Balaban J connectivity index is 1.73. The van der Waals surface area contributed by atoms with Crippen molar-refractivity contribution in [1.29, 1.82) is 0 Å². The van der Waals surface area contributed by atoms with Crippen molar-refractivity contribution in [2.45, 2.75) is 45.3 Å². The maximum Gasteiger partial charge on any atom is 0.498 e. The molecule has 0 saturated carbocycles. The normalized spacial score (nSPS) is 24.4. The lowest BCUT2D eigenvalue weighted by Gasteiger charge is -2.32. The molecule has 6 nitrogen and oxygen atoms in total. The fraction of sp³-hybridized carbons (Fsp3) is 0.714. The Hall–Kier alpha value is -1.18. The molecule has 2 aliphatic heterocycles. The minimum absolute atomic E-state index is 0.350. The Kier molecular flexibility index (Phi) is 3.67. The molecule has 3 heterocycles. The second-order valence-electron chi connectivity index (χ2n) is 6.56. The van der Waals surface area contributed by atoms with Crippen molar-refractivity contribution in [3.63, 3.8) is 0 Å². The van der Waals surface area contributed by atoms with Gasteiger partial charge in [0.2, 0.25) is 5.95 Å². The minimum Gasteiger partial charge on any atom is -0.399 e. The highest BCUT2D eigenvalue weighted by Gasteiger charge is 2.51. The van der Waals surface area contributed by atoms with E-state index < -0.39 is 7.12 Å². The fourth-order valence-electron chi connectivity index (χ4n) is 2.35. The van der Waals surface area contributed by atoms with E-state index in [1.165, 1.54) is 0 Å². The van der Waals surface area contributed by atoms with Crippen LogP contribution >= 0.6 is 0 Å². The van der Waals surface area contributed by atoms with Gasteiger partial charge in [0.1, 0.15) is 6.73 Å². The largest absolute Gasteiger partial charge is 0.498 e. The summed E-state index contributed by atoms with van der Waals surface area (Å²) in [4.78, 5) is 10.9. The van der Waals surface area contributed by atoms with Crippen LogP contribution < -0.4 is 10.4 Å². The van der Waals surface area contributed by atoms with Crippen molar-refractivity contribution in [1.82, 2.24) is 9.97 Å². The van der Waals surface area contributed by atoms with Crippen molar-refractivity contribution in [2.75, 3.05) is 24.8 Å². The van der Waals surface area contributed by atoms with Gasteiger partial charge in [-0.15, -0.1) is 0 Å². The monoisotopic (exact) mass is 291 g/mol.